The van der Waals surface area contributed by atoms with Crippen molar-refractivity contribution in [1.82, 2.24) is 4.90 Å². The minimum Gasteiger partial charge on any atom is -0.465 e. The highest BCUT2D eigenvalue weighted by Crippen LogP contribution is 2.32. The first kappa shape index (κ1) is 19.2. The van der Waals surface area contributed by atoms with Gasteiger partial charge in [-0.25, -0.2) is 4.79 Å². The van der Waals surface area contributed by atoms with Crippen LogP contribution in [0.3, 0.4) is 0 Å². The SMILES string of the molecule is COC(=O)c1ccc2c(c1)NC(=O)C2=CNc1ccc(CN2CCCCC2)cc1. The number of hydrogen-bond donors (Lipinski definition) is 2. The normalized spacial score (nSPS) is 17.7. The summed E-state index contributed by atoms with van der Waals surface area (Å²) in [6.45, 7) is 3.34. The molecular weight excluding hydrogens is 366 g/mol. The molecule has 2 aliphatic heterocycles. The largest absolute Gasteiger partial charge is 0.465 e. The van der Waals surface area contributed by atoms with Crippen molar-refractivity contribution in [3.63, 3.8) is 0 Å². The average Bonchev–Trinajstić information content (AvgIpc) is 3.07. The van der Waals surface area contributed by atoms with Gasteiger partial charge in [0.2, 0.25) is 0 Å². The fourth-order valence-corrected chi connectivity index (χ4v) is 3.82. The first-order valence-corrected chi connectivity index (χ1v) is 9.96. The minimum absolute atomic E-state index is 0.198. The molecule has 2 aromatic carbocycles. The van der Waals surface area contributed by atoms with Gasteiger partial charge in [-0.3, -0.25) is 9.69 Å². The predicted molar refractivity (Wildman–Crippen MR) is 114 cm³/mol. The molecular formula is C23H25N3O3. The third-order valence-corrected chi connectivity index (χ3v) is 5.42. The lowest BCUT2D eigenvalue weighted by atomic mass is 10.1. The highest BCUT2D eigenvalue weighted by molar-refractivity contribution is 6.31. The number of piperidine rings is 1. The molecule has 0 saturated carbocycles. The average molecular weight is 391 g/mol. The first-order chi connectivity index (χ1) is 14.1. The van der Waals surface area contributed by atoms with Crippen LogP contribution in [0, 0.1) is 0 Å². The van der Waals surface area contributed by atoms with Crippen molar-refractivity contribution < 1.29 is 14.3 Å². The monoisotopic (exact) mass is 391 g/mol. The minimum atomic E-state index is -0.428. The fourth-order valence-electron chi connectivity index (χ4n) is 3.82. The second-order valence-corrected chi connectivity index (χ2v) is 7.44. The number of carbonyl (C=O) groups is 2. The van der Waals surface area contributed by atoms with E-state index in [0.717, 1.165) is 17.8 Å². The fraction of sp³-hybridized carbons (Fsp3) is 0.304. The van der Waals surface area contributed by atoms with Crippen molar-refractivity contribution in [2.75, 3.05) is 30.8 Å². The van der Waals surface area contributed by atoms with E-state index in [-0.39, 0.29) is 5.91 Å². The molecule has 1 amide bonds. The van der Waals surface area contributed by atoms with Gasteiger partial charge in [0.05, 0.1) is 18.2 Å². The van der Waals surface area contributed by atoms with Crippen molar-refractivity contribution in [3.8, 4) is 0 Å². The van der Waals surface area contributed by atoms with E-state index in [2.05, 4.69) is 27.7 Å². The summed E-state index contributed by atoms with van der Waals surface area (Å²) in [5.74, 6) is -0.626. The van der Waals surface area contributed by atoms with Crippen LogP contribution in [0.25, 0.3) is 5.57 Å². The highest BCUT2D eigenvalue weighted by Gasteiger charge is 2.25. The number of anilines is 2. The Kier molecular flexibility index (Phi) is 5.62. The second kappa shape index (κ2) is 8.49. The number of amides is 1. The maximum absolute atomic E-state index is 12.3. The second-order valence-electron chi connectivity index (χ2n) is 7.44. The van der Waals surface area contributed by atoms with E-state index in [1.54, 1.807) is 24.4 Å². The van der Waals surface area contributed by atoms with Crippen molar-refractivity contribution in [2.24, 2.45) is 0 Å². The molecule has 29 heavy (non-hydrogen) atoms. The number of hydrogen-bond acceptors (Lipinski definition) is 5. The van der Waals surface area contributed by atoms with Crippen LogP contribution in [0.1, 0.15) is 40.7 Å². The number of carbonyl (C=O) groups excluding carboxylic acids is 2. The number of rotatable bonds is 5. The molecule has 0 atom stereocenters. The Balaban J connectivity index is 1.44. The summed E-state index contributed by atoms with van der Waals surface area (Å²) in [5, 5.41) is 6.01. The number of nitrogens with one attached hydrogen (secondary N) is 2. The van der Waals surface area contributed by atoms with E-state index < -0.39 is 5.97 Å². The Bertz CT molecular complexity index is 944. The quantitative estimate of drug-likeness (QED) is 0.598. The van der Waals surface area contributed by atoms with Crippen LogP contribution in [-0.4, -0.2) is 37.0 Å². The molecule has 1 saturated heterocycles. The number of methoxy groups -OCH3 is 1. The van der Waals surface area contributed by atoms with Gasteiger partial charge >= 0.3 is 5.97 Å². The van der Waals surface area contributed by atoms with Crippen molar-refractivity contribution in [3.05, 3.63) is 65.4 Å². The maximum atomic E-state index is 12.3. The molecule has 0 radical (unpaired) electrons. The molecule has 0 unspecified atom stereocenters. The number of benzene rings is 2. The molecule has 2 aromatic rings. The smallest absolute Gasteiger partial charge is 0.337 e. The summed E-state index contributed by atoms with van der Waals surface area (Å²) < 4.78 is 4.73. The van der Waals surface area contributed by atoms with Gasteiger partial charge in [0, 0.05) is 29.7 Å². The molecule has 2 aliphatic rings. The number of nitrogens with zero attached hydrogens (tertiary/aromatic N) is 1. The van der Waals surface area contributed by atoms with Crippen LogP contribution < -0.4 is 10.6 Å². The molecule has 0 aromatic heterocycles. The van der Waals surface area contributed by atoms with E-state index >= 15 is 0 Å². The van der Waals surface area contributed by atoms with Gasteiger partial charge in [-0.1, -0.05) is 24.6 Å². The van der Waals surface area contributed by atoms with E-state index in [1.165, 1.54) is 45.0 Å². The Morgan fingerprint density at radius 3 is 2.62 bits per heavy atom. The van der Waals surface area contributed by atoms with Crippen molar-refractivity contribution >= 4 is 28.8 Å². The molecule has 6 nitrogen and oxygen atoms in total. The van der Waals surface area contributed by atoms with Gasteiger partial charge in [-0.2, -0.15) is 0 Å². The number of likely N-dealkylation sites (tertiary alicyclic amines) is 1. The van der Waals surface area contributed by atoms with E-state index in [0.29, 0.717) is 16.8 Å². The van der Waals surface area contributed by atoms with Gasteiger partial charge in [0.1, 0.15) is 0 Å². The molecule has 1 fully saturated rings. The van der Waals surface area contributed by atoms with Gasteiger partial charge in [0.25, 0.3) is 5.91 Å². The topological polar surface area (TPSA) is 70.7 Å². The molecule has 2 heterocycles. The van der Waals surface area contributed by atoms with E-state index in [4.69, 9.17) is 4.74 Å². The van der Waals surface area contributed by atoms with Gasteiger partial charge in [-0.05, 0) is 55.8 Å². The Hall–Kier alpha value is -3.12. The van der Waals surface area contributed by atoms with Crippen LogP contribution in [-0.2, 0) is 16.1 Å². The first-order valence-electron chi connectivity index (χ1n) is 9.96. The van der Waals surface area contributed by atoms with Crippen molar-refractivity contribution in [1.29, 1.82) is 0 Å². The molecule has 0 bridgehead atoms. The van der Waals surface area contributed by atoms with Gasteiger partial charge in [-0.15, -0.1) is 0 Å². The van der Waals surface area contributed by atoms with Crippen LogP contribution in [0.5, 0.6) is 0 Å². The molecule has 0 aliphatic carbocycles. The lowest BCUT2D eigenvalue weighted by molar-refractivity contribution is -0.110. The summed E-state index contributed by atoms with van der Waals surface area (Å²) in [6, 6.07) is 13.4. The summed E-state index contributed by atoms with van der Waals surface area (Å²) in [5.41, 5.74) is 4.54. The Labute approximate surface area is 170 Å². The summed E-state index contributed by atoms with van der Waals surface area (Å²) >= 11 is 0. The van der Waals surface area contributed by atoms with Gasteiger partial charge < -0.3 is 15.4 Å². The van der Waals surface area contributed by atoms with Crippen LogP contribution >= 0.6 is 0 Å². The Morgan fingerprint density at radius 1 is 1.14 bits per heavy atom. The zero-order valence-electron chi connectivity index (χ0n) is 16.5. The molecule has 4 rings (SSSR count). The predicted octanol–water partition coefficient (Wildman–Crippen LogP) is 3.86. The lowest BCUT2D eigenvalue weighted by Gasteiger charge is -2.26. The third-order valence-electron chi connectivity index (χ3n) is 5.42. The standard InChI is InChI=1S/C23H25N3O3/c1-29-23(28)17-7-10-19-20(22(27)25-21(19)13-17)14-24-18-8-5-16(6-9-18)15-26-11-3-2-4-12-26/h5-10,13-14,24H,2-4,11-12,15H2,1H3,(H,25,27). The molecule has 150 valence electrons. The van der Waals surface area contributed by atoms with E-state index in [9.17, 15) is 9.59 Å². The Morgan fingerprint density at radius 2 is 1.90 bits per heavy atom. The van der Waals surface area contributed by atoms with Crippen LogP contribution in [0.2, 0.25) is 0 Å². The van der Waals surface area contributed by atoms with Crippen LogP contribution in [0.15, 0.2) is 48.7 Å². The van der Waals surface area contributed by atoms with Crippen molar-refractivity contribution in [2.45, 2.75) is 25.8 Å². The maximum Gasteiger partial charge on any atom is 0.337 e. The zero-order chi connectivity index (χ0) is 20.2. The summed E-state index contributed by atoms with van der Waals surface area (Å²) in [6.07, 6.45) is 5.63. The van der Waals surface area contributed by atoms with E-state index in [1.807, 2.05) is 12.1 Å². The molecule has 6 heteroatoms. The summed E-state index contributed by atoms with van der Waals surface area (Å²) in [7, 11) is 1.33. The zero-order valence-corrected chi connectivity index (χ0v) is 16.5. The summed E-state index contributed by atoms with van der Waals surface area (Å²) in [4.78, 5) is 26.5. The third kappa shape index (κ3) is 4.32. The highest BCUT2D eigenvalue weighted by atomic mass is 16.5. The molecule has 0 spiro atoms. The van der Waals surface area contributed by atoms with Gasteiger partial charge in [0.15, 0.2) is 0 Å². The number of esters is 1. The lowest BCUT2D eigenvalue weighted by Crippen LogP contribution is -2.29. The number of fused-ring (bicyclic) bond motifs is 1. The number of ether oxygens (including phenoxy) is 1. The molecule has 2 N–H and O–H groups in total. The van der Waals surface area contributed by atoms with Crippen LogP contribution in [0.4, 0.5) is 11.4 Å².